The second-order valence-corrected chi connectivity index (χ2v) is 6.63. The number of carbonyl (C=O) groups excluding carboxylic acids is 1. The van der Waals surface area contributed by atoms with Crippen LogP contribution < -0.4 is 5.32 Å². The molecule has 1 amide bonds. The minimum Gasteiger partial charge on any atom is -0.394 e. The van der Waals surface area contributed by atoms with Gasteiger partial charge < -0.3 is 10.4 Å². The van der Waals surface area contributed by atoms with E-state index < -0.39 is 0 Å². The number of aryl methyl sites for hydroxylation is 1. The predicted octanol–water partition coefficient (Wildman–Crippen LogP) is 2.66. The van der Waals surface area contributed by atoms with E-state index in [9.17, 15) is 9.90 Å². The first kappa shape index (κ1) is 19.0. The topological polar surface area (TPSA) is 92.9 Å². The van der Waals surface area contributed by atoms with E-state index >= 15 is 0 Å². The van der Waals surface area contributed by atoms with Crippen molar-refractivity contribution >= 4 is 17.5 Å². The van der Waals surface area contributed by atoms with Gasteiger partial charge in [0, 0.05) is 23.0 Å². The van der Waals surface area contributed by atoms with E-state index in [0.29, 0.717) is 28.5 Å². The Morgan fingerprint density at radius 1 is 1.22 bits per heavy atom. The van der Waals surface area contributed by atoms with E-state index in [1.165, 1.54) is 0 Å². The Morgan fingerprint density at radius 2 is 1.96 bits per heavy atom. The highest BCUT2D eigenvalue weighted by Crippen LogP contribution is 2.26. The lowest BCUT2D eigenvalue weighted by Gasteiger charge is -2.14. The van der Waals surface area contributed by atoms with Crippen LogP contribution in [0.5, 0.6) is 0 Å². The van der Waals surface area contributed by atoms with Gasteiger partial charge in [-0.25, -0.2) is 0 Å². The molecule has 0 spiro atoms. The number of carbonyl (C=O) groups is 1. The summed E-state index contributed by atoms with van der Waals surface area (Å²) in [5, 5.41) is 24.4. The summed E-state index contributed by atoms with van der Waals surface area (Å²) in [5.41, 5.74) is 2.89. The van der Waals surface area contributed by atoms with E-state index in [2.05, 4.69) is 20.8 Å². The first-order valence-electron chi connectivity index (χ1n) is 8.62. The first-order chi connectivity index (χ1) is 13.0. The van der Waals surface area contributed by atoms with Gasteiger partial charge in [-0.2, -0.15) is 4.68 Å². The number of halogens is 1. The molecule has 7 nitrogen and oxygen atoms in total. The Labute approximate surface area is 162 Å². The van der Waals surface area contributed by atoms with Gasteiger partial charge in [0.1, 0.15) is 0 Å². The molecule has 2 aromatic carbocycles. The molecular formula is C19H20ClN5O2. The molecule has 0 radical (unpaired) electrons. The Hall–Kier alpha value is -2.77. The lowest BCUT2D eigenvalue weighted by atomic mass is 10.0. The van der Waals surface area contributed by atoms with E-state index in [1.54, 1.807) is 35.9 Å². The smallest absolute Gasteiger partial charge is 0.251 e. The van der Waals surface area contributed by atoms with Crippen LogP contribution in [-0.2, 0) is 6.42 Å². The molecule has 0 unspecified atom stereocenters. The van der Waals surface area contributed by atoms with Crippen molar-refractivity contribution in [2.24, 2.45) is 0 Å². The number of aromatic nitrogens is 4. The zero-order valence-electron chi connectivity index (χ0n) is 15.1. The number of benzene rings is 2. The fraction of sp³-hybridized carbons (Fsp3) is 0.263. The zero-order valence-corrected chi connectivity index (χ0v) is 15.8. The Kier molecular flexibility index (Phi) is 5.83. The third-order valence-electron chi connectivity index (χ3n) is 4.10. The van der Waals surface area contributed by atoms with E-state index in [1.807, 2.05) is 25.1 Å². The summed E-state index contributed by atoms with van der Waals surface area (Å²) >= 11 is 5.99. The average Bonchev–Trinajstić information content (AvgIpc) is 3.17. The molecule has 0 fully saturated rings. The first-order valence-corrected chi connectivity index (χ1v) is 9.00. The molecule has 0 aliphatic heterocycles. The van der Waals surface area contributed by atoms with Crippen molar-refractivity contribution < 1.29 is 9.90 Å². The summed E-state index contributed by atoms with van der Waals surface area (Å²) < 4.78 is 1.62. The lowest BCUT2D eigenvalue weighted by molar-refractivity contribution is 0.0922. The number of tetrazole rings is 1. The summed E-state index contributed by atoms with van der Waals surface area (Å²) in [4.78, 5) is 12.6. The minimum absolute atomic E-state index is 0.136. The summed E-state index contributed by atoms with van der Waals surface area (Å²) in [5.74, 6) is 0.415. The van der Waals surface area contributed by atoms with Crippen molar-refractivity contribution in [3.8, 4) is 16.8 Å². The van der Waals surface area contributed by atoms with Crippen molar-refractivity contribution in [3.05, 3.63) is 58.9 Å². The van der Waals surface area contributed by atoms with Crippen molar-refractivity contribution in [2.45, 2.75) is 26.3 Å². The molecule has 140 valence electrons. The number of aliphatic hydroxyl groups is 1. The number of nitrogens with zero attached hydrogens (tertiary/aromatic N) is 4. The Bertz CT molecular complexity index is 940. The number of hydrogen-bond acceptors (Lipinski definition) is 5. The van der Waals surface area contributed by atoms with Gasteiger partial charge in [-0.3, -0.25) is 4.79 Å². The Morgan fingerprint density at radius 3 is 2.63 bits per heavy atom. The average molecular weight is 386 g/mol. The molecule has 27 heavy (non-hydrogen) atoms. The highest BCUT2D eigenvalue weighted by atomic mass is 35.5. The Balaban J connectivity index is 2.10. The minimum atomic E-state index is -0.348. The van der Waals surface area contributed by atoms with Gasteiger partial charge in [-0.05, 0) is 58.8 Å². The SMILES string of the molecule is CCc1nnnn1-c1cc(C(=O)N[C@H](C)CO)cc(-c2ccc(Cl)cc2)c1. The summed E-state index contributed by atoms with van der Waals surface area (Å²) in [7, 11) is 0. The monoisotopic (exact) mass is 385 g/mol. The molecule has 3 rings (SSSR count). The fourth-order valence-corrected chi connectivity index (χ4v) is 2.78. The van der Waals surface area contributed by atoms with E-state index in [4.69, 9.17) is 11.6 Å². The quantitative estimate of drug-likeness (QED) is 0.680. The van der Waals surface area contributed by atoms with Gasteiger partial charge in [0.15, 0.2) is 5.82 Å². The molecular weight excluding hydrogens is 366 g/mol. The molecule has 1 atom stereocenters. The normalized spacial score (nSPS) is 12.0. The third kappa shape index (κ3) is 4.32. The molecule has 0 aliphatic rings. The van der Waals surface area contributed by atoms with E-state index in [-0.39, 0.29) is 18.6 Å². The maximum absolute atomic E-state index is 12.6. The number of amides is 1. The highest BCUT2D eigenvalue weighted by Gasteiger charge is 2.15. The molecule has 0 aliphatic carbocycles. The fourth-order valence-electron chi connectivity index (χ4n) is 2.65. The number of rotatable bonds is 6. The second-order valence-electron chi connectivity index (χ2n) is 6.19. The standard InChI is InChI=1S/C19H20ClN5O2/c1-3-18-22-23-24-25(18)17-9-14(13-4-6-16(20)7-5-13)8-15(10-17)19(27)21-12(2)11-26/h4-10,12,26H,3,11H2,1-2H3,(H,21,27)/t12-/m1/s1. The summed E-state index contributed by atoms with van der Waals surface area (Å²) in [6, 6.07) is 12.5. The third-order valence-corrected chi connectivity index (χ3v) is 4.36. The zero-order chi connectivity index (χ0) is 19.4. The molecule has 1 heterocycles. The van der Waals surface area contributed by atoms with Crippen molar-refractivity contribution in [3.63, 3.8) is 0 Å². The molecule has 0 saturated carbocycles. The number of aliphatic hydroxyl groups excluding tert-OH is 1. The molecule has 2 N–H and O–H groups in total. The van der Waals surface area contributed by atoms with Crippen LogP contribution in [0.2, 0.25) is 5.02 Å². The van der Waals surface area contributed by atoms with Crippen molar-refractivity contribution in [2.75, 3.05) is 6.61 Å². The van der Waals surface area contributed by atoms with Crippen LogP contribution in [0.25, 0.3) is 16.8 Å². The summed E-state index contributed by atoms with van der Waals surface area (Å²) in [6.07, 6.45) is 0.654. The molecule has 3 aromatic rings. The van der Waals surface area contributed by atoms with E-state index in [0.717, 1.165) is 11.1 Å². The van der Waals surface area contributed by atoms with Crippen LogP contribution in [0.4, 0.5) is 0 Å². The molecule has 0 bridgehead atoms. The predicted molar refractivity (Wildman–Crippen MR) is 103 cm³/mol. The van der Waals surface area contributed by atoms with Crippen LogP contribution in [0.3, 0.4) is 0 Å². The maximum Gasteiger partial charge on any atom is 0.251 e. The van der Waals surface area contributed by atoms with Crippen LogP contribution in [0.1, 0.15) is 30.0 Å². The van der Waals surface area contributed by atoms with Gasteiger partial charge in [0.2, 0.25) is 0 Å². The van der Waals surface area contributed by atoms with Gasteiger partial charge in [-0.1, -0.05) is 30.7 Å². The van der Waals surface area contributed by atoms with Gasteiger partial charge >= 0.3 is 0 Å². The second kappa shape index (κ2) is 8.28. The van der Waals surface area contributed by atoms with Crippen molar-refractivity contribution in [1.29, 1.82) is 0 Å². The maximum atomic E-state index is 12.6. The van der Waals surface area contributed by atoms with Gasteiger partial charge in [-0.15, -0.1) is 5.10 Å². The van der Waals surface area contributed by atoms with Crippen LogP contribution in [-0.4, -0.2) is 43.9 Å². The highest BCUT2D eigenvalue weighted by molar-refractivity contribution is 6.30. The lowest BCUT2D eigenvalue weighted by Crippen LogP contribution is -2.35. The van der Waals surface area contributed by atoms with Gasteiger partial charge in [0.05, 0.1) is 12.3 Å². The number of nitrogens with one attached hydrogen (secondary N) is 1. The number of hydrogen-bond donors (Lipinski definition) is 2. The molecule has 1 aromatic heterocycles. The van der Waals surface area contributed by atoms with Crippen LogP contribution >= 0.6 is 11.6 Å². The molecule has 0 saturated heterocycles. The van der Waals surface area contributed by atoms with Crippen molar-refractivity contribution in [1.82, 2.24) is 25.5 Å². The largest absolute Gasteiger partial charge is 0.394 e. The summed E-state index contributed by atoms with van der Waals surface area (Å²) in [6.45, 7) is 3.56. The van der Waals surface area contributed by atoms with Gasteiger partial charge in [0.25, 0.3) is 5.91 Å². The van der Waals surface area contributed by atoms with Crippen LogP contribution in [0, 0.1) is 0 Å². The van der Waals surface area contributed by atoms with Crippen LogP contribution in [0.15, 0.2) is 42.5 Å². The molecule has 8 heteroatoms.